The van der Waals surface area contributed by atoms with Gasteiger partial charge in [-0.05, 0) is 38.3 Å². The van der Waals surface area contributed by atoms with Crippen LogP contribution in [0.2, 0.25) is 0 Å². The number of pyridine rings is 2. The van der Waals surface area contributed by atoms with Gasteiger partial charge in [0.1, 0.15) is 12.4 Å². The van der Waals surface area contributed by atoms with Gasteiger partial charge >= 0.3 is 0 Å². The number of alkyl halides is 2. The quantitative estimate of drug-likeness (QED) is 0.772. The van der Waals surface area contributed by atoms with Crippen molar-refractivity contribution in [3.63, 3.8) is 0 Å². The van der Waals surface area contributed by atoms with Crippen LogP contribution in [0.1, 0.15) is 44.9 Å². The summed E-state index contributed by atoms with van der Waals surface area (Å²) in [5.74, 6) is -0.280. The third-order valence-electron chi connectivity index (χ3n) is 3.90. The van der Waals surface area contributed by atoms with E-state index >= 15 is 0 Å². The fourth-order valence-corrected chi connectivity index (χ4v) is 2.88. The Morgan fingerprint density at radius 2 is 1.96 bits per heavy atom. The lowest BCUT2D eigenvalue weighted by Gasteiger charge is -2.27. The molecule has 0 fully saturated rings. The van der Waals surface area contributed by atoms with Gasteiger partial charge in [0.15, 0.2) is 5.82 Å². The fraction of sp³-hybridized carbons (Fsp3) is 0.474. The summed E-state index contributed by atoms with van der Waals surface area (Å²) in [6, 6.07) is 2.55. The summed E-state index contributed by atoms with van der Waals surface area (Å²) in [6.07, 6.45) is 0.502. The molecule has 0 spiro atoms. The number of nitrogens with two attached hydrogens (primary N) is 1. The molecule has 0 radical (unpaired) electrons. The maximum absolute atomic E-state index is 14.2. The van der Waals surface area contributed by atoms with Crippen molar-refractivity contribution in [2.75, 3.05) is 6.61 Å². The first kappa shape index (κ1) is 20.2. The van der Waals surface area contributed by atoms with Crippen LogP contribution in [0.25, 0.3) is 11.3 Å². The molecular weight excluding hydrogens is 343 g/mol. The minimum Gasteiger partial charge on any atom is -0.490 e. The van der Waals surface area contributed by atoms with Gasteiger partial charge in [0.2, 0.25) is 0 Å². The molecular formula is C19H24F3N3O. The van der Waals surface area contributed by atoms with Crippen molar-refractivity contribution in [3.8, 4) is 17.0 Å². The number of hydrogen-bond donors (Lipinski definition) is 1. The molecule has 1 atom stereocenters. The summed E-state index contributed by atoms with van der Waals surface area (Å²) >= 11 is 0. The maximum Gasteiger partial charge on any atom is 0.267 e. The second-order valence-electron chi connectivity index (χ2n) is 7.21. The van der Waals surface area contributed by atoms with Crippen LogP contribution in [-0.4, -0.2) is 22.1 Å². The molecule has 7 heteroatoms. The van der Waals surface area contributed by atoms with E-state index in [0.717, 1.165) is 6.07 Å². The summed E-state index contributed by atoms with van der Waals surface area (Å²) < 4.78 is 46.7. The van der Waals surface area contributed by atoms with Crippen LogP contribution < -0.4 is 10.5 Å². The van der Waals surface area contributed by atoms with Crippen molar-refractivity contribution in [2.24, 2.45) is 11.7 Å². The number of ether oxygens (including phenoxy) is 1. The SMILES string of the molecule is Cc1nccc(-c2cc(C(F)F)c(OCC(C)(N)CC(C)C)cn2)c1F. The average Bonchev–Trinajstić information content (AvgIpc) is 2.54. The van der Waals surface area contributed by atoms with Gasteiger partial charge in [0, 0.05) is 17.3 Å². The Balaban J connectivity index is 2.31. The van der Waals surface area contributed by atoms with E-state index in [2.05, 4.69) is 9.97 Å². The van der Waals surface area contributed by atoms with E-state index in [9.17, 15) is 13.2 Å². The largest absolute Gasteiger partial charge is 0.490 e. The molecule has 2 N–H and O–H groups in total. The summed E-state index contributed by atoms with van der Waals surface area (Å²) in [5, 5.41) is 0. The van der Waals surface area contributed by atoms with E-state index < -0.39 is 17.8 Å². The van der Waals surface area contributed by atoms with Gasteiger partial charge in [-0.1, -0.05) is 13.8 Å². The van der Waals surface area contributed by atoms with Crippen LogP contribution >= 0.6 is 0 Å². The van der Waals surface area contributed by atoms with Crippen LogP contribution in [0.15, 0.2) is 24.5 Å². The molecule has 142 valence electrons. The van der Waals surface area contributed by atoms with Gasteiger partial charge in [-0.15, -0.1) is 0 Å². The van der Waals surface area contributed by atoms with Gasteiger partial charge in [0.25, 0.3) is 6.43 Å². The summed E-state index contributed by atoms with van der Waals surface area (Å²) in [7, 11) is 0. The zero-order valence-electron chi connectivity index (χ0n) is 15.4. The minimum atomic E-state index is -2.79. The zero-order chi connectivity index (χ0) is 19.5. The van der Waals surface area contributed by atoms with Gasteiger partial charge in [-0.3, -0.25) is 9.97 Å². The number of hydrogen-bond acceptors (Lipinski definition) is 4. The predicted octanol–water partition coefficient (Wildman–Crippen LogP) is 4.67. The second kappa shape index (κ2) is 8.03. The highest BCUT2D eigenvalue weighted by Crippen LogP contribution is 2.33. The van der Waals surface area contributed by atoms with Gasteiger partial charge < -0.3 is 10.5 Å². The fourth-order valence-electron chi connectivity index (χ4n) is 2.88. The molecule has 0 bridgehead atoms. The van der Waals surface area contributed by atoms with Crippen molar-refractivity contribution in [1.29, 1.82) is 0 Å². The van der Waals surface area contributed by atoms with E-state index in [-0.39, 0.29) is 34.9 Å². The number of rotatable bonds is 7. The van der Waals surface area contributed by atoms with Crippen molar-refractivity contribution >= 4 is 0 Å². The van der Waals surface area contributed by atoms with Gasteiger partial charge in [-0.25, -0.2) is 13.2 Å². The molecule has 0 aliphatic carbocycles. The van der Waals surface area contributed by atoms with E-state index in [0.29, 0.717) is 12.3 Å². The molecule has 2 aromatic heterocycles. The molecule has 0 amide bonds. The molecule has 26 heavy (non-hydrogen) atoms. The highest BCUT2D eigenvalue weighted by Gasteiger charge is 2.24. The van der Waals surface area contributed by atoms with E-state index in [1.807, 2.05) is 20.8 Å². The third-order valence-corrected chi connectivity index (χ3v) is 3.90. The Hall–Kier alpha value is -2.15. The Labute approximate surface area is 151 Å². The molecule has 0 aliphatic rings. The summed E-state index contributed by atoms with van der Waals surface area (Å²) in [4.78, 5) is 7.92. The lowest BCUT2D eigenvalue weighted by atomic mass is 9.93. The number of aryl methyl sites for hydroxylation is 1. The van der Waals surface area contributed by atoms with Crippen molar-refractivity contribution in [1.82, 2.24) is 9.97 Å². The van der Waals surface area contributed by atoms with E-state index in [1.165, 1.54) is 25.4 Å². The molecule has 0 saturated heterocycles. The van der Waals surface area contributed by atoms with Crippen molar-refractivity contribution < 1.29 is 17.9 Å². The van der Waals surface area contributed by atoms with Crippen molar-refractivity contribution in [2.45, 2.75) is 46.1 Å². The highest BCUT2D eigenvalue weighted by atomic mass is 19.3. The first-order valence-corrected chi connectivity index (χ1v) is 8.42. The minimum absolute atomic E-state index is 0.0460. The third kappa shape index (κ3) is 4.94. The normalized spacial score (nSPS) is 13.9. The zero-order valence-corrected chi connectivity index (χ0v) is 15.4. The average molecular weight is 367 g/mol. The Morgan fingerprint density at radius 1 is 1.27 bits per heavy atom. The van der Waals surface area contributed by atoms with Crippen LogP contribution in [-0.2, 0) is 0 Å². The van der Waals surface area contributed by atoms with Crippen LogP contribution in [0.4, 0.5) is 13.2 Å². The van der Waals surface area contributed by atoms with Gasteiger partial charge in [0.05, 0.1) is 23.1 Å². The highest BCUT2D eigenvalue weighted by molar-refractivity contribution is 5.62. The predicted molar refractivity (Wildman–Crippen MR) is 94.7 cm³/mol. The van der Waals surface area contributed by atoms with Crippen molar-refractivity contribution in [3.05, 3.63) is 41.6 Å². The maximum atomic E-state index is 14.2. The molecule has 1 unspecified atom stereocenters. The first-order chi connectivity index (χ1) is 12.1. The molecule has 0 aliphatic heterocycles. The first-order valence-electron chi connectivity index (χ1n) is 8.42. The Morgan fingerprint density at radius 3 is 2.58 bits per heavy atom. The van der Waals surface area contributed by atoms with Crippen LogP contribution in [0.5, 0.6) is 5.75 Å². The lowest BCUT2D eigenvalue weighted by Crippen LogP contribution is -2.43. The molecule has 2 rings (SSSR count). The van der Waals surface area contributed by atoms with Crippen LogP contribution in [0, 0.1) is 18.7 Å². The number of aromatic nitrogens is 2. The number of halogens is 3. The smallest absolute Gasteiger partial charge is 0.267 e. The number of nitrogens with zero attached hydrogens (tertiary/aromatic N) is 2. The summed E-state index contributed by atoms with van der Waals surface area (Å²) in [6.45, 7) is 7.44. The molecule has 2 heterocycles. The van der Waals surface area contributed by atoms with E-state index in [4.69, 9.17) is 10.5 Å². The lowest BCUT2D eigenvalue weighted by molar-refractivity contribution is 0.139. The molecule has 4 nitrogen and oxygen atoms in total. The Bertz CT molecular complexity index is 764. The van der Waals surface area contributed by atoms with E-state index in [1.54, 1.807) is 0 Å². The molecule has 0 aromatic carbocycles. The topological polar surface area (TPSA) is 61.0 Å². The second-order valence-corrected chi connectivity index (χ2v) is 7.21. The van der Waals surface area contributed by atoms with Crippen LogP contribution in [0.3, 0.4) is 0 Å². The molecule has 0 saturated carbocycles. The standard InChI is InChI=1S/C19H24F3N3O/c1-11(2)8-19(4,23)10-26-16-9-25-15(7-14(16)18(21)22)13-5-6-24-12(3)17(13)20/h5-7,9,11,18H,8,10,23H2,1-4H3. The summed E-state index contributed by atoms with van der Waals surface area (Å²) in [5.41, 5.74) is 5.57. The molecule has 2 aromatic rings. The van der Waals surface area contributed by atoms with Gasteiger partial charge in [-0.2, -0.15) is 0 Å². The monoisotopic (exact) mass is 367 g/mol. The Kier molecular flexibility index (Phi) is 6.23.